The fourth-order valence-corrected chi connectivity index (χ4v) is 4.63. The lowest BCUT2D eigenvalue weighted by Crippen LogP contribution is -2.44. The highest BCUT2D eigenvalue weighted by Crippen LogP contribution is 2.35. The number of benzene rings is 1. The van der Waals surface area contributed by atoms with Crippen LogP contribution in [-0.4, -0.2) is 57.9 Å². The highest BCUT2D eigenvalue weighted by atomic mass is 19.1. The maximum Gasteiger partial charge on any atom is 0.308 e. The third-order valence-electron chi connectivity index (χ3n) is 6.62. The molecule has 1 aliphatic heterocycles. The van der Waals surface area contributed by atoms with Crippen LogP contribution in [0.4, 0.5) is 4.39 Å². The third-order valence-corrected chi connectivity index (χ3v) is 6.62. The third kappa shape index (κ3) is 5.37. The van der Waals surface area contributed by atoms with Crippen molar-refractivity contribution < 1.29 is 19.0 Å². The number of aliphatic carboxylic acids is 1. The van der Waals surface area contributed by atoms with Crippen LogP contribution < -0.4 is 4.74 Å². The van der Waals surface area contributed by atoms with Crippen LogP contribution in [0.3, 0.4) is 0 Å². The van der Waals surface area contributed by atoms with E-state index in [1.807, 2.05) is 13.0 Å². The number of carboxylic acids is 1. The Kier molecular flexibility index (Phi) is 7.43. The number of aryl methyl sites for hydroxylation is 1. The molecule has 0 spiro atoms. The molecule has 34 heavy (non-hydrogen) atoms. The molecule has 1 fully saturated rings. The first-order valence-electron chi connectivity index (χ1n) is 11.5. The number of nitrogens with zero attached hydrogens (tertiary/aromatic N) is 3. The van der Waals surface area contributed by atoms with Gasteiger partial charge in [-0.25, -0.2) is 4.39 Å². The van der Waals surface area contributed by atoms with Crippen molar-refractivity contribution in [1.82, 2.24) is 20.1 Å². The van der Waals surface area contributed by atoms with Gasteiger partial charge in [-0.1, -0.05) is 11.8 Å². The van der Waals surface area contributed by atoms with Crippen LogP contribution in [0, 0.1) is 30.6 Å². The Hall–Kier alpha value is -3.44. The number of ether oxygens (including phenoxy) is 1. The number of hydrogen-bond acceptors (Lipinski definition) is 5. The molecular weight excluding hydrogens is 435 g/mol. The summed E-state index contributed by atoms with van der Waals surface area (Å²) in [4.78, 5) is 18.4. The van der Waals surface area contributed by atoms with Crippen molar-refractivity contribution in [2.45, 2.75) is 32.4 Å². The highest BCUT2D eigenvalue weighted by molar-refractivity contribution is 5.83. The van der Waals surface area contributed by atoms with Gasteiger partial charge in [-0.2, -0.15) is 5.10 Å². The van der Waals surface area contributed by atoms with Gasteiger partial charge in [-0.15, -0.1) is 0 Å². The second-order valence-electron chi connectivity index (χ2n) is 8.74. The molecule has 2 aromatic heterocycles. The molecule has 3 aromatic rings. The molecule has 0 saturated carbocycles. The number of pyridine rings is 1. The van der Waals surface area contributed by atoms with E-state index in [4.69, 9.17) is 4.74 Å². The molecule has 0 aliphatic carbocycles. The first-order chi connectivity index (χ1) is 16.5. The highest BCUT2D eigenvalue weighted by Gasteiger charge is 2.34. The molecule has 3 heterocycles. The van der Waals surface area contributed by atoms with E-state index in [2.05, 4.69) is 31.9 Å². The maximum atomic E-state index is 15.3. The molecule has 178 valence electrons. The van der Waals surface area contributed by atoms with Gasteiger partial charge >= 0.3 is 5.97 Å². The minimum atomic E-state index is -1.20. The average Bonchev–Trinajstić information content (AvgIpc) is 3.26. The maximum absolute atomic E-state index is 15.3. The fourth-order valence-electron chi connectivity index (χ4n) is 4.63. The quantitative estimate of drug-likeness (QED) is 0.511. The van der Waals surface area contributed by atoms with Gasteiger partial charge in [0.1, 0.15) is 11.9 Å². The Morgan fingerprint density at radius 1 is 1.41 bits per heavy atom. The van der Waals surface area contributed by atoms with Crippen LogP contribution in [-0.2, 0) is 4.79 Å². The molecule has 4 rings (SSSR count). The molecule has 0 radical (unpaired) electrons. The van der Waals surface area contributed by atoms with Gasteiger partial charge in [0, 0.05) is 24.3 Å². The zero-order valence-electron chi connectivity index (χ0n) is 19.4. The van der Waals surface area contributed by atoms with Crippen molar-refractivity contribution in [3.05, 3.63) is 53.5 Å². The predicted octanol–water partition coefficient (Wildman–Crippen LogP) is 4.14. The van der Waals surface area contributed by atoms with Gasteiger partial charge in [-0.3, -0.25) is 19.8 Å². The van der Waals surface area contributed by atoms with Gasteiger partial charge in [0.25, 0.3) is 0 Å². The number of rotatable bonds is 7. The van der Waals surface area contributed by atoms with Gasteiger partial charge in [0.2, 0.25) is 0 Å². The number of methoxy groups -OCH3 is 1. The first-order valence-corrected chi connectivity index (χ1v) is 11.5. The van der Waals surface area contributed by atoms with E-state index in [1.54, 1.807) is 37.7 Å². The molecule has 3 atom stereocenters. The molecule has 0 amide bonds. The van der Waals surface area contributed by atoms with Gasteiger partial charge < -0.3 is 9.84 Å². The van der Waals surface area contributed by atoms with E-state index in [0.29, 0.717) is 42.8 Å². The molecule has 7 nitrogen and oxygen atoms in total. The normalized spacial score (nSPS) is 19.4. The summed E-state index contributed by atoms with van der Waals surface area (Å²) in [5.41, 5.74) is 2.97. The molecule has 8 heteroatoms. The number of aromatic nitrogens is 3. The number of H-pyrrole nitrogens is 1. The molecule has 1 saturated heterocycles. The number of alkyl halides is 1. The number of piperidine rings is 1. The molecule has 2 N–H and O–H groups in total. The summed E-state index contributed by atoms with van der Waals surface area (Å²) in [7, 11) is 1.58. The monoisotopic (exact) mass is 464 g/mol. The Labute approximate surface area is 198 Å². The summed E-state index contributed by atoms with van der Waals surface area (Å²) >= 11 is 0. The summed E-state index contributed by atoms with van der Waals surface area (Å²) in [5, 5.41) is 17.4. The molecule has 1 aromatic carbocycles. The van der Waals surface area contributed by atoms with E-state index < -0.39 is 18.1 Å². The Morgan fingerprint density at radius 2 is 2.26 bits per heavy atom. The van der Waals surface area contributed by atoms with E-state index in [9.17, 15) is 9.90 Å². The topological polar surface area (TPSA) is 91.3 Å². The number of aromatic amines is 1. The van der Waals surface area contributed by atoms with Crippen LogP contribution in [0.25, 0.3) is 10.9 Å². The molecule has 0 unspecified atom stereocenters. The summed E-state index contributed by atoms with van der Waals surface area (Å²) in [6.45, 7) is 3.55. The van der Waals surface area contributed by atoms with Crippen LogP contribution in [0.5, 0.6) is 5.75 Å². The summed E-state index contributed by atoms with van der Waals surface area (Å²) < 4.78 is 20.6. The summed E-state index contributed by atoms with van der Waals surface area (Å²) in [5.74, 6) is 5.41. The smallest absolute Gasteiger partial charge is 0.308 e. The lowest BCUT2D eigenvalue weighted by molar-refractivity contribution is -0.146. The Balaban J connectivity index is 1.38. The molecular formula is C26H29FN4O3. The minimum absolute atomic E-state index is 0.0706. The van der Waals surface area contributed by atoms with E-state index in [0.717, 1.165) is 23.2 Å². The van der Waals surface area contributed by atoms with Crippen LogP contribution >= 0.6 is 0 Å². The number of fused-ring (bicyclic) bond motifs is 1. The van der Waals surface area contributed by atoms with Crippen molar-refractivity contribution in [3.63, 3.8) is 0 Å². The lowest BCUT2D eigenvalue weighted by Gasteiger charge is -2.35. The first kappa shape index (κ1) is 23.7. The van der Waals surface area contributed by atoms with Crippen molar-refractivity contribution in [3.8, 4) is 17.6 Å². The number of likely N-dealkylation sites (tertiary alicyclic amines) is 1. The average molecular weight is 465 g/mol. The van der Waals surface area contributed by atoms with E-state index >= 15 is 4.39 Å². The largest absolute Gasteiger partial charge is 0.497 e. The second kappa shape index (κ2) is 10.7. The van der Waals surface area contributed by atoms with Crippen molar-refractivity contribution in [2.24, 2.45) is 11.8 Å². The number of nitrogens with one attached hydrogen (secondary N) is 1. The standard InChI is InChI=1S/C26H29FN4O3/c1-17-19(15-29-30-17)4-3-12-31-13-10-18(23(16-31)26(32)33)5-7-24(27)21-9-11-28-25-8-6-20(34-2)14-22(21)25/h6,8-9,11,14-15,18,23-24H,5,7,10,12-13,16H2,1-2H3,(H,29,30)(H,32,33)/t18-,23+,24-/m1/s1. The number of halogens is 1. The van der Waals surface area contributed by atoms with Gasteiger partial charge in [0.05, 0.1) is 36.3 Å². The molecule has 1 aliphatic rings. The minimum Gasteiger partial charge on any atom is -0.497 e. The Bertz CT molecular complexity index is 1220. The fraction of sp³-hybridized carbons (Fsp3) is 0.423. The van der Waals surface area contributed by atoms with Crippen molar-refractivity contribution in [1.29, 1.82) is 0 Å². The summed E-state index contributed by atoms with van der Waals surface area (Å²) in [6, 6.07) is 7.12. The lowest BCUT2D eigenvalue weighted by atomic mass is 9.81. The van der Waals surface area contributed by atoms with Gasteiger partial charge in [-0.05, 0) is 68.5 Å². The second-order valence-corrected chi connectivity index (χ2v) is 8.74. The molecule has 0 bridgehead atoms. The van der Waals surface area contributed by atoms with Crippen LogP contribution in [0.15, 0.2) is 36.7 Å². The zero-order valence-corrected chi connectivity index (χ0v) is 19.4. The number of hydrogen-bond donors (Lipinski definition) is 2. The van der Waals surface area contributed by atoms with Crippen LogP contribution in [0.1, 0.15) is 42.3 Å². The van der Waals surface area contributed by atoms with Gasteiger partial charge in [0.15, 0.2) is 0 Å². The number of carboxylic acid groups (broad SMARTS) is 1. The summed E-state index contributed by atoms with van der Waals surface area (Å²) in [6.07, 6.45) is 3.66. The van der Waals surface area contributed by atoms with Crippen LogP contribution in [0.2, 0.25) is 0 Å². The predicted molar refractivity (Wildman–Crippen MR) is 127 cm³/mol. The zero-order chi connectivity index (χ0) is 24.1. The number of carbonyl (C=O) groups is 1. The van der Waals surface area contributed by atoms with Crippen molar-refractivity contribution >= 4 is 16.9 Å². The van der Waals surface area contributed by atoms with Crippen molar-refractivity contribution in [2.75, 3.05) is 26.7 Å². The van der Waals surface area contributed by atoms with E-state index in [1.165, 1.54) is 0 Å². The van der Waals surface area contributed by atoms with E-state index in [-0.39, 0.29) is 12.3 Å². The SMILES string of the molecule is COc1ccc2nccc([C@H](F)CC[C@@H]3CCN(CC#Cc4c[nH]nc4C)C[C@@H]3C(=O)O)c2c1. The Morgan fingerprint density at radius 3 is 3.00 bits per heavy atom.